The number of carbonyl (C=O) groups is 2. The van der Waals surface area contributed by atoms with Crippen LogP contribution in [-0.2, 0) is 4.79 Å². The highest BCUT2D eigenvalue weighted by atomic mass is 32.2. The molecule has 0 spiro atoms. The fourth-order valence-electron chi connectivity index (χ4n) is 2.46. The van der Waals surface area contributed by atoms with Crippen LogP contribution in [0.3, 0.4) is 0 Å². The number of aryl methyl sites for hydroxylation is 2. The van der Waals surface area contributed by atoms with Crippen molar-refractivity contribution in [1.29, 1.82) is 0 Å². The van der Waals surface area contributed by atoms with E-state index in [-0.39, 0.29) is 11.7 Å². The third-order valence-corrected chi connectivity index (χ3v) is 4.84. The van der Waals surface area contributed by atoms with Crippen LogP contribution in [0.5, 0.6) is 11.5 Å². The van der Waals surface area contributed by atoms with Gasteiger partial charge in [0.25, 0.3) is 5.91 Å². The van der Waals surface area contributed by atoms with Gasteiger partial charge >= 0.3 is 0 Å². The molecule has 30 heavy (non-hydrogen) atoms. The summed E-state index contributed by atoms with van der Waals surface area (Å²) in [4.78, 5) is 32.9. The third-order valence-electron chi connectivity index (χ3n) is 3.99. The summed E-state index contributed by atoms with van der Waals surface area (Å²) in [5.74, 6) is 0.822. The Morgan fingerprint density at radius 3 is 2.40 bits per heavy atom. The van der Waals surface area contributed by atoms with Gasteiger partial charge in [-0.1, -0.05) is 25.6 Å². The molecule has 0 saturated heterocycles. The van der Waals surface area contributed by atoms with Gasteiger partial charge in [0.15, 0.2) is 16.7 Å². The summed E-state index contributed by atoms with van der Waals surface area (Å²) < 4.78 is 11.0. The quantitative estimate of drug-likeness (QED) is 0.357. The Morgan fingerprint density at radius 1 is 1.07 bits per heavy atom. The Labute approximate surface area is 181 Å². The maximum absolute atomic E-state index is 12.3. The van der Waals surface area contributed by atoms with Gasteiger partial charge < -0.3 is 9.47 Å². The van der Waals surface area contributed by atoms with Crippen molar-refractivity contribution in [2.45, 2.75) is 39.3 Å². The molecule has 2 aromatic rings. The maximum Gasteiger partial charge on any atom is 0.269 e. The molecule has 0 aliphatic rings. The van der Waals surface area contributed by atoms with E-state index in [1.807, 2.05) is 19.9 Å². The summed E-state index contributed by atoms with van der Waals surface area (Å²) in [6, 6.07) is 6.74. The first-order chi connectivity index (χ1) is 14.3. The number of aromatic nitrogens is 2. The van der Waals surface area contributed by atoms with Crippen molar-refractivity contribution in [2.24, 2.45) is 5.92 Å². The SMILES string of the molecule is COc1cc(C(=O)NNC(=O)CSc2nc(C)cc(C)n2)ccc1OCCC(C)C. The summed E-state index contributed by atoms with van der Waals surface area (Å²) in [7, 11) is 1.51. The lowest BCUT2D eigenvalue weighted by molar-refractivity contribution is -0.119. The number of nitrogens with one attached hydrogen (secondary N) is 2. The number of benzene rings is 1. The van der Waals surface area contributed by atoms with Crippen LogP contribution in [0.2, 0.25) is 0 Å². The largest absolute Gasteiger partial charge is 0.493 e. The molecule has 1 aromatic heterocycles. The molecule has 0 saturated carbocycles. The molecular formula is C21H28N4O4S. The minimum absolute atomic E-state index is 0.0785. The molecule has 8 nitrogen and oxygen atoms in total. The lowest BCUT2D eigenvalue weighted by Gasteiger charge is -2.13. The molecule has 9 heteroatoms. The van der Waals surface area contributed by atoms with Crippen molar-refractivity contribution in [2.75, 3.05) is 19.5 Å². The number of nitrogens with zero attached hydrogens (tertiary/aromatic N) is 2. The number of hydrazine groups is 1. The molecule has 1 aromatic carbocycles. The predicted molar refractivity (Wildman–Crippen MR) is 116 cm³/mol. The van der Waals surface area contributed by atoms with Crippen LogP contribution >= 0.6 is 11.8 Å². The molecule has 1 heterocycles. The number of methoxy groups -OCH3 is 1. The highest BCUT2D eigenvalue weighted by molar-refractivity contribution is 7.99. The molecule has 2 N–H and O–H groups in total. The number of ether oxygens (including phenoxy) is 2. The molecular weight excluding hydrogens is 404 g/mol. The normalized spacial score (nSPS) is 10.6. The Kier molecular flexibility index (Phi) is 8.91. The third kappa shape index (κ3) is 7.55. The van der Waals surface area contributed by atoms with Gasteiger partial charge in [0.05, 0.1) is 19.5 Å². The second-order valence-corrected chi connectivity index (χ2v) is 8.06. The topological polar surface area (TPSA) is 102 Å². The van der Waals surface area contributed by atoms with Gasteiger partial charge in [-0.05, 0) is 50.5 Å². The van der Waals surface area contributed by atoms with Crippen molar-refractivity contribution >= 4 is 23.6 Å². The number of thioether (sulfide) groups is 1. The van der Waals surface area contributed by atoms with Crippen molar-refractivity contribution in [1.82, 2.24) is 20.8 Å². The Hall–Kier alpha value is -2.81. The summed E-state index contributed by atoms with van der Waals surface area (Å²) in [6.07, 6.45) is 0.919. The molecule has 0 fully saturated rings. The number of rotatable bonds is 9. The van der Waals surface area contributed by atoms with Crippen LogP contribution in [0.1, 0.15) is 42.0 Å². The molecule has 0 bridgehead atoms. The second-order valence-electron chi connectivity index (χ2n) is 7.12. The number of hydrogen-bond acceptors (Lipinski definition) is 7. The zero-order valence-electron chi connectivity index (χ0n) is 17.9. The first-order valence-electron chi connectivity index (χ1n) is 9.63. The average molecular weight is 433 g/mol. The molecule has 0 radical (unpaired) electrons. The standard InChI is InChI=1S/C21H28N4O4S/c1-13(2)8-9-29-17-7-6-16(11-18(17)28-5)20(27)25-24-19(26)12-30-21-22-14(3)10-15(4)23-21/h6-7,10-11,13H,8-9,12H2,1-5H3,(H,24,26)(H,25,27). The minimum Gasteiger partial charge on any atom is -0.493 e. The Balaban J connectivity index is 1.86. The number of carbonyl (C=O) groups excluding carboxylic acids is 2. The van der Waals surface area contributed by atoms with E-state index in [0.29, 0.717) is 34.7 Å². The lowest BCUT2D eigenvalue weighted by atomic mass is 10.1. The first-order valence-corrected chi connectivity index (χ1v) is 10.6. The predicted octanol–water partition coefficient (Wildman–Crippen LogP) is 3.08. The average Bonchev–Trinajstić information content (AvgIpc) is 2.69. The molecule has 0 aliphatic heterocycles. The van der Waals surface area contributed by atoms with Gasteiger partial charge in [-0.25, -0.2) is 9.97 Å². The summed E-state index contributed by atoms with van der Waals surface area (Å²) in [6.45, 7) is 8.55. The lowest BCUT2D eigenvalue weighted by Crippen LogP contribution is -2.42. The van der Waals surface area contributed by atoms with Crippen LogP contribution in [0.15, 0.2) is 29.4 Å². The summed E-state index contributed by atoms with van der Waals surface area (Å²) >= 11 is 1.20. The maximum atomic E-state index is 12.3. The Bertz CT molecular complexity index is 869. The van der Waals surface area contributed by atoms with Gasteiger partial charge in [-0.2, -0.15) is 0 Å². The van der Waals surface area contributed by atoms with E-state index in [9.17, 15) is 9.59 Å². The minimum atomic E-state index is -0.456. The van der Waals surface area contributed by atoms with Crippen molar-refractivity contribution < 1.29 is 19.1 Å². The van der Waals surface area contributed by atoms with Gasteiger partial charge in [-0.15, -0.1) is 0 Å². The van der Waals surface area contributed by atoms with Crippen molar-refractivity contribution in [3.8, 4) is 11.5 Å². The van der Waals surface area contributed by atoms with E-state index in [1.54, 1.807) is 18.2 Å². The molecule has 0 unspecified atom stereocenters. The van der Waals surface area contributed by atoms with Crippen molar-refractivity contribution in [3.63, 3.8) is 0 Å². The molecule has 2 rings (SSSR count). The second kappa shape index (κ2) is 11.4. The van der Waals surface area contributed by atoms with E-state index >= 15 is 0 Å². The smallest absolute Gasteiger partial charge is 0.269 e. The van der Waals surface area contributed by atoms with Gasteiger partial charge in [0.1, 0.15) is 0 Å². The highest BCUT2D eigenvalue weighted by Gasteiger charge is 2.13. The van der Waals surface area contributed by atoms with E-state index in [1.165, 1.54) is 18.9 Å². The van der Waals surface area contributed by atoms with Crippen LogP contribution in [0, 0.1) is 19.8 Å². The van der Waals surface area contributed by atoms with Gasteiger partial charge in [0.2, 0.25) is 5.91 Å². The molecule has 2 amide bonds. The summed E-state index contributed by atoms with van der Waals surface area (Å²) in [5.41, 5.74) is 6.81. The van der Waals surface area contributed by atoms with Crippen LogP contribution in [0.25, 0.3) is 0 Å². The number of amides is 2. The molecule has 0 atom stereocenters. The zero-order valence-corrected chi connectivity index (χ0v) is 18.8. The van der Waals surface area contributed by atoms with Crippen molar-refractivity contribution in [3.05, 3.63) is 41.2 Å². The summed E-state index contributed by atoms with van der Waals surface area (Å²) in [5, 5.41) is 0.520. The Morgan fingerprint density at radius 2 is 1.77 bits per heavy atom. The van der Waals surface area contributed by atoms with Crippen LogP contribution < -0.4 is 20.3 Å². The molecule has 162 valence electrons. The molecule has 0 aliphatic carbocycles. The van der Waals surface area contributed by atoms with E-state index in [0.717, 1.165) is 17.8 Å². The fraction of sp³-hybridized carbons (Fsp3) is 0.429. The fourth-order valence-corrected chi connectivity index (χ4v) is 3.21. The van der Waals surface area contributed by atoms with Gasteiger partial charge in [0, 0.05) is 17.0 Å². The number of hydrogen-bond donors (Lipinski definition) is 2. The van der Waals surface area contributed by atoms with Crippen LogP contribution in [-0.4, -0.2) is 41.3 Å². The van der Waals surface area contributed by atoms with E-state index in [4.69, 9.17) is 9.47 Å². The highest BCUT2D eigenvalue weighted by Crippen LogP contribution is 2.28. The monoisotopic (exact) mass is 432 g/mol. The van der Waals surface area contributed by atoms with Crippen LogP contribution in [0.4, 0.5) is 0 Å². The zero-order chi connectivity index (χ0) is 22.1. The van der Waals surface area contributed by atoms with Gasteiger partial charge in [-0.3, -0.25) is 20.4 Å². The van der Waals surface area contributed by atoms with E-state index < -0.39 is 5.91 Å². The first kappa shape index (κ1) is 23.5. The van der Waals surface area contributed by atoms with E-state index in [2.05, 4.69) is 34.7 Å².